The molecule has 0 atom stereocenters. The highest BCUT2D eigenvalue weighted by molar-refractivity contribution is 7.92. The Kier molecular flexibility index (Phi) is 7.62. The van der Waals surface area contributed by atoms with Crippen LogP contribution in [0.1, 0.15) is 11.1 Å². The Morgan fingerprint density at radius 3 is 1.83 bits per heavy atom. The van der Waals surface area contributed by atoms with Crippen LogP contribution in [-0.2, 0) is 10.0 Å². The van der Waals surface area contributed by atoms with Crippen molar-refractivity contribution in [2.45, 2.75) is 4.90 Å². The third-order valence-corrected chi connectivity index (χ3v) is 6.24. The average Bonchev–Trinajstić information content (AvgIpc) is 2.84. The highest BCUT2D eigenvalue weighted by Crippen LogP contribution is 2.39. The second-order valence-electron chi connectivity index (χ2n) is 7.07. The maximum Gasteiger partial charge on any atom is 0.268 e. The van der Waals surface area contributed by atoms with Gasteiger partial charge in [-0.1, -0.05) is 18.2 Å². The predicted molar refractivity (Wildman–Crippen MR) is 120 cm³/mol. The zero-order valence-electron chi connectivity index (χ0n) is 18.8. The standard InChI is InChI=1S/C23H18F5NO6S/c1-33-15-7-6-11(9-14(15)30)4-5-12-8-13(22(35-3)16(10-12)34-2)29-36(31,32)23-20(27)18(25)17(24)19(26)21(23)28/h4-10,29-30H,1-3H3/b5-4-. The number of phenolic OH excluding ortho intramolecular Hbond substituents is 1. The van der Waals surface area contributed by atoms with Gasteiger partial charge in [0.1, 0.15) is 0 Å². The molecule has 0 fully saturated rings. The molecule has 0 spiro atoms. The molecule has 0 heterocycles. The molecule has 0 saturated heterocycles. The third kappa shape index (κ3) is 5.00. The van der Waals surface area contributed by atoms with Crippen LogP contribution in [0, 0.1) is 29.1 Å². The van der Waals surface area contributed by atoms with E-state index in [0.29, 0.717) is 5.56 Å². The molecular formula is C23H18F5NO6S. The molecule has 0 unspecified atom stereocenters. The van der Waals surface area contributed by atoms with E-state index in [1.54, 1.807) is 10.8 Å². The number of ether oxygens (including phenoxy) is 3. The van der Waals surface area contributed by atoms with Crippen LogP contribution >= 0.6 is 0 Å². The molecule has 2 N–H and O–H groups in total. The molecule has 36 heavy (non-hydrogen) atoms. The summed E-state index contributed by atoms with van der Waals surface area (Å²) in [6, 6.07) is 7.11. The number of nitrogens with one attached hydrogen (secondary N) is 1. The van der Waals surface area contributed by atoms with Crippen LogP contribution in [0.25, 0.3) is 12.2 Å². The Morgan fingerprint density at radius 2 is 1.31 bits per heavy atom. The van der Waals surface area contributed by atoms with Gasteiger partial charge in [0.05, 0.1) is 27.0 Å². The highest BCUT2D eigenvalue weighted by atomic mass is 32.2. The normalized spacial score (nSPS) is 11.6. The van der Waals surface area contributed by atoms with Crippen molar-refractivity contribution < 1.29 is 49.7 Å². The molecule has 0 bridgehead atoms. The number of aromatic hydroxyl groups is 1. The zero-order valence-corrected chi connectivity index (χ0v) is 19.6. The SMILES string of the molecule is COc1ccc(/C=C\c2cc(NS(=O)(=O)c3c(F)c(F)c(F)c(F)c3F)c(OC)c(OC)c2)cc1O. The fourth-order valence-electron chi connectivity index (χ4n) is 3.18. The lowest BCUT2D eigenvalue weighted by Crippen LogP contribution is -2.20. The van der Waals surface area contributed by atoms with Crippen LogP contribution in [0.5, 0.6) is 23.0 Å². The minimum atomic E-state index is -5.34. The first-order valence-electron chi connectivity index (χ1n) is 9.80. The smallest absolute Gasteiger partial charge is 0.268 e. The molecule has 0 amide bonds. The second kappa shape index (κ2) is 10.3. The molecule has 7 nitrogen and oxygen atoms in total. The van der Waals surface area contributed by atoms with E-state index in [1.807, 2.05) is 0 Å². The summed E-state index contributed by atoms with van der Waals surface area (Å²) < 4.78 is 111. The third-order valence-electron chi connectivity index (χ3n) is 4.85. The van der Waals surface area contributed by atoms with Crippen molar-refractivity contribution in [3.05, 3.63) is 70.5 Å². The number of halogens is 5. The van der Waals surface area contributed by atoms with Gasteiger partial charge in [-0.05, 0) is 35.4 Å². The molecule has 0 aliphatic carbocycles. The van der Waals surface area contributed by atoms with Crippen molar-refractivity contribution in [2.24, 2.45) is 0 Å². The number of phenols is 1. The van der Waals surface area contributed by atoms with Gasteiger partial charge in [0, 0.05) is 0 Å². The molecule has 192 valence electrons. The van der Waals surface area contributed by atoms with E-state index >= 15 is 0 Å². The largest absolute Gasteiger partial charge is 0.504 e. The van der Waals surface area contributed by atoms with Crippen LogP contribution in [0.4, 0.5) is 27.6 Å². The Labute approximate surface area is 202 Å². The van der Waals surface area contributed by atoms with Crippen LogP contribution in [0.15, 0.2) is 35.2 Å². The first-order chi connectivity index (χ1) is 16.9. The molecule has 13 heteroatoms. The molecule has 0 aromatic heterocycles. The summed E-state index contributed by atoms with van der Waals surface area (Å²) in [4.78, 5) is -2.06. The topological polar surface area (TPSA) is 94.1 Å². The van der Waals surface area contributed by atoms with Gasteiger partial charge >= 0.3 is 0 Å². The van der Waals surface area contributed by atoms with Gasteiger partial charge in [-0.3, -0.25) is 4.72 Å². The number of hydrogen-bond donors (Lipinski definition) is 2. The number of benzene rings is 3. The quantitative estimate of drug-likeness (QED) is 0.182. The summed E-state index contributed by atoms with van der Waals surface area (Å²) in [5.41, 5.74) is 0.378. The van der Waals surface area contributed by atoms with Gasteiger partial charge in [-0.15, -0.1) is 0 Å². The highest BCUT2D eigenvalue weighted by Gasteiger charge is 2.34. The van der Waals surface area contributed by atoms with Crippen molar-refractivity contribution in [3.63, 3.8) is 0 Å². The minimum Gasteiger partial charge on any atom is -0.504 e. The number of anilines is 1. The lowest BCUT2D eigenvalue weighted by atomic mass is 10.1. The molecule has 3 aromatic rings. The van der Waals surface area contributed by atoms with E-state index in [0.717, 1.165) is 7.11 Å². The van der Waals surface area contributed by atoms with E-state index in [1.165, 1.54) is 50.6 Å². The van der Waals surface area contributed by atoms with Crippen LogP contribution in [0.2, 0.25) is 0 Å². The van der Waals surface area contributed by atoms with Crippen LogP contribution in [0.3, 0.4) is 0 Å². The summed E-state index contributed by atoms with van der Waals surface area (Å²) >= 11 is 0. The Balaban J connectivity index is 2.09. The monoisotopic (exact) mass is 531 g/mol. The first kappa shape index (κ1) is 26.6. The van der Waals surface area contributed by atoms with Crippen molar-refractivity contribution in [3.8, 4) is 23.0 Å². The van der Waals surface area contributed by atoms with Gasteiger partial charge in [-0.25, -0.2) is 30.4 Å². The summed E-state index contributed by atoms with van der Waals surface area (Å²) in [5.74, 6) is -12.5. The Morgan fingerprint density at radius 1 is 0.750 bits per heavy atom. The maximum atomic E-state index is 14.2. The van der Waals surface area contributed by atoms with Crippen molar-refractivity contribution in [1.82, 2.24) is 0 Å². The predicted octanol–water partition coefficient (Wildman–Crippen LogP) is 5.08. The number of methoxy groups -OCH3 is 3. The summed E-state index contributed by atoms with van der Waals surface area (Å²) in [5, 5.41) is 9.91. The fraction of sp³-hybridized carbons (Fsp3) is 0.130. The van der Waals surface area contributed by atoms with E-state index in [-0.39, 0.29) is 28.6 Å². The van der Waals surface area contributed by atoms with Gasteiger partial charge in [0.2, 0.25) is 5.82 Å². The maximum absolute atomic E-state index is 14.2. The van der Waals surface area contributed by atoms with E-state index in [4.69, 9.17) is 14.2 Å². The molecule has 0 aliphatic rings. The van der Waals surface area contributed by atoms with Gasteiger partial charge in [-0.2, -0.15) is 0 Å². The van der Waals surface area contributed by atoms with E-state index < -0.39 is 49.7 Å². The summed E-state index contributed by atoms with van der Waals surface area (Å²) in [6.07, 6.45) is 3.00. The number of hydrogen-bond acceptors (Lipinski definition) is 6. The van der Waals surface area contributed by atoms with Crippen molar-refractivity contribution in [1.29, 1.82) is 0 Å². The Bertz CT molecular complexity index is 1430. The molecule has 0 radical (unpaired) electrons. The van der Waals surface area contributed by atoms with Crippen molar-refractivity contribution >= 4 is 27.9 Å². The zero-order chi connectivity index (χ0) is 26.8. The van der Waals surface area contributed by atoms with Gasteiger partial charge < -0.3 is 19.3 Å². The average molecular weight is 531 g/mol. The fourth-order valence-corrected chi connectivity index (χ4v) is 4.37. The lowest BCUT2D eigenvalue weighted by Gasteiger charge is -2.16. The Hall–Kier alpha value is -4.00. The van der Waals surface area contributed by atoms with Gasteiger partial charge in [0.15, 0.2) is 51.2 Å². The second-order valence-corrected chi connectivity index (χ2v) is 8.69. The molecule has 0 aliphatic heterocycles. The summed E-state index contributed by atoms with van der Waals surface area (Å²) in [6.45, 7) is 0. The van der Waals surface area contributed by atoms with E-state index in [9.17, 15) is 35.5 Å². The van der Waals surface area contributed by atoms with E-state index in [2.05, 4.69) is 0 Å². The molecule has 3 rings (SSSR count). The summed E-state index contributed by atoms with van der Waals surface area (Å²) in [7, 11) is -1.59. The van der Waals surface area contributed by atoms with Crippen LogP contribution in [-0.4, -0.2) is 34.9 Å². The molecule has 3 aromatic carbocycles. The minimum absolute atomic E-state index is 0.0210. The van der Waals surface area contributed by atoms with Gasteiger partial charge in [0.25, 0.3) is 10.0 Å². The lowest BCUT2D eigenvalue weighted by molar-refractivity contribution is 0.356. The first-order valence-corrected chi connectivity index (χ1v) is 11.3. The van der Waals surface area contributed by atoms with Crippen LogP contribution < -0.4 is 18.9 Å². The number of rotatable bonds is 8. The molecular weight excluding hydrogens is 513 g/mol. The number of sulfonamides is 1. The van der Waals surface area contributed by atoms with Crippen molar-refractivity contribution in [2.75, 3.05) is 26.1 Å². The molecule has 0 saturated carbocycles.